The van der Waals surface area contributed by atoms with Gasteiger partial charge in [0, 0.05) is 13.0 Å². The average Bonchev–Trinajstić information content (AvgIpc) is 2.42. The fraction of sp³-hybridized carbons (Fsp3) is 0.467. The minimum absolute atomic E-state index is 0.0273. The van der Waals surface area contributed by atoms with E-state index in [1.807, 2.05) is 0 Å². The van der Waals surface area contributed by atoms with Crippen LogP contribution in [0.3, 0.4) is 0 Å². The lowest BCUT2D eigenvalue weighted by Crippen LogP contribution is -2.28. The van der Waals surface area contributed by atoms with Crippen molar-refractivity contribution in [1.29, 1.82) is 0 Å². The lowest BCUT2D eigenvalue weighted by Gasteiger charge is -2.10. The smallest absolute Gasteiger partial charge is 0.335 e. The summed E-state index contributed by atoms with van der Waals surface area (Å²) in [5.41, 5.74) is 0.978. The second kappa shape index (κ2) is 7.56. The van der Waals surface area contributed by atoms with Crippen molar-refractivity contribution in [3.63, 3.8) is 0 Å². The van der Waals surface area contributed by atoms with Crippen LogP contribution < -0.4 is 5.32 Å². The van der Waals surface area contributed by atoms with Gasteiger partial charge in [-0.05, 0) is 24.0 Å². The molecule has 0 heterocycles. The Morgan fingerprint density at radius 3 is 2.63 bits per heavy atom. The number of benzene rings is 1. The van der Waals surface area contributed by atoms with E-state index in [4.69, 9.17) is 5.11 Å². The minimum atomic E-state index is -0.949. The van der Waals surface area contributed by atoms with Gasteiger partial charge in [-0.15, -0.1) is 0 Å². The molecule has 1 rings (SSSR count). The molecule has 4 nitrogen and oxygen atoms in total. The van der Waals surface area contributed by atoms with Gasteiger partial charge in [0.25, 0.3) is 0 Å². The van der Waals surface area contributed by atoms with Crippen LogP contribution in [0.25, 0.3) is 0 Å². The Morgan fingerprint density at radius 2 is 2.00 bits per heavy atom. The number of hydrogen-bond donors (Lipinski definition) is 2. The summed E-state index contributed by atoms with van der Waals surface area (Å²) < 4.78 is 0. The minimum Gasteiger partial charge on any atom is -0.478 e. The first-order valence-electron chi connectivity index (χ1n) is 6.62. The van der Waals surface area contributed by atoms with E-state index in [1.165, 1.54) is 0 Å². The zero-order chi connectivity index (χ0) is 14.3. The second-order valence-electron chi connectivity index (χ2n) is 4.78. The summed E-state index contributed by atoms with van der Waals surface area (Å²) >= 11 is 0. The third-order valence-electron chi connectivity index (χ3n) is 3.21. The highest BCUT2D eigenvalue weighted by atomic mass is 16.4. The highest BCUT2D eigenvalue weighted by molar-refractivity contribution is 5.89. The maximum Gasteiger partial charge on any atom is 0.335 e. The molecular formula is C15H21NO3. The number of carbonyl (C=O) groups excluding carboxylic acids is 1. The van der Waals surface area contributed by atoms with Gasteiger partial charge in [0.15, 0.2) is 0 Å². The van der Waals surface area contributed by atoms with Crippen molar-refractivity contribution in [2.45, 2.75) is 33.1 Å². The summed E-state index contributed by atoms with van der Waals surface area (Å²) in [4.78, 5) is 22.7. The number of nitrogens with one attached hydrogen (secondary N) is 1. The summed E-state index contributed by atoms with van der Waals surface area (Å²) in [7, 11) is 0. The van der Waals surface area contributed by atoms with E-state index in [0.29, 0.717) is 30.9 Å². The molecule has 2 N–H and O–H groups in total. The van der Waals surface area contributed by atoms with Gasteiger partial charge < -0.3 is 10.4 Å². The van der Waals surface area contributed by atoms with Crippen LogP contribution >= 0.6 is 0 Å². The van der Waals surface area contributed by atoms with Crippen molar-refractivity contribution in [3.05, 3.63) is 35.4 Å². The average molecular weight is 263 g/mol. The van der Waals surface area contributed by atoms with Gasteiger partial charge in [0.2, 0.25) is 5.91 Å². The molecule has 1 aromatic rings. The third-order valence-corrected chi connectivity index (χ3v) is 3.21. The molecule has 0 bridgehead atoms. The molecule has 0 saturated heterocycles. The van der Waals surface area contributed by atoms with Crippen LogP contribution in [0.5, 0.6) is 0 Å². The molecule has 0 aliphatic carbocycles. The SMILES string of the molecule is CCC(C)CNC(=O)CCc1ccccc1C(=O)O. The van der Waals surface area contributed by atoms with Crippen LogP contribution in [0.1, 0.15) is 42.6 Å². The van der Waals surface area contributed by atoms with E-state index in [1.54, 1.807) is 24.3 Å². The molecule has 1 atom stereocenters. The predicted molar refractivity (Wildman–Crippen MR) is 74.2 cm³/mol. The Balaban J connectivity index is 2.48. The molecule has 1 unspecified atom stereocenters. The van der Waals surface area contributed by atoms with Crippen LogP contribution in [-0.4, -0.2) is 23.5 Å². The van der Waals surface area contributed by atoms with Gasteiger partial charge in [0.05, 0.1) is 5.56 Å². The predicted octanol–water partition coefficient (Wildman–Crippen LogP) is 2.48. The number of amides is 1. The Kier molecular flexibility index (Phi) is 6.06. The first-order chi connectivity index (χ1) is 9.04. The van der Waals surface area contributed by atoms with Crippen LogP contribution in [0, 0.1) is 5.92 Å². The second-order valence-corrected chi connectivity index (χ2v) is 4.78. The lowest BCUT2D eigenvalue weighted by molar-refractivity contribution is -0.121. The molecule has 1 aromatic carbocycles. The first kappa shape index (κ1) is 15.2. The van der Waals surface area contributed by atoms with Gasteiger partial charge in [-0.3, -0.25) is 4.79 Å². The van der Waals surface area contributed by atoms with Crippen molar-refractivity contribution in [2.24, 2.45) is 5.92 Å². The van der Waals surface area contributed by atoms with Gasteiger partial charge in [0.1, 0.15) is 0 Å². The van der Waals surface area contributed by atoms with E-state index in [2.05, 4.69) is 19.2 Å². The fourth-order valence-corrected chi connectivity index (χ4v) is 1.72. The van der Waals surface area contributed by atoms with Crippen LogP contribution in [0.2, 0.25) is 0 Å². The van der Waals surface area contributed by atoms with Crippen molar-refractivity contribution >= 4 is 11.9 Å². The van der Waals surface area contributed by atoms with Gasteiger partial charge >= 0.3 is 5.97 Å². The zero-order valence-electron chi connectivity index (χ0n) is 11.5. The van der Waals surface area contributed by atoms with Gasteiger partial charge in [-0.1, -0.05) is 38.5 Å². The third kappa shape index (κ3) is 5.12. The molecule has 0 saturated carbocycles. The largest absolute Gasteiger partial charge is 0.478 e. The molecule has 0 aliphatic heterocycles. The number of carbonyl (C=O) groups is 2. The Hall–Kier alpha value is -1.84. The van der Waals surface area contributed by atoms with E-state index in [9.17, 15) is 9.59 Å². The summed E-state index contributed by atoms with van der Waals surface area (Å²) in [6, 6.07) is 6.80. The molecule has 0 spiro atoms. The number of rotatable bonds is 7. The van der Waals surface area contributed by atoms with Gasteiger partial charge in [-0.25, -0.2) is 4.79 Å². The molecule has 19 heavy (non-hydrogen) atoms. The van der Waals surface area contributed by atoms with Gasteiger partial charge in [-0.2, -0.15) is 0 Å². The topological polar surface area (TPSA) is 66.4 Å². The van der Waals surface area contributed by atoms with E-state index in [0.717, 1.165) is 6.42 Å². The molecule has 0 radical (unpaired) electrons. The number of aromatic carboxylic acids is 1. The summed E-state index contributed by atoms with van der Waals surface area (Å²) in [6.07, 6.45) is 1.80. The Bertz CT molecular complexity index is 443. The number of aryl methyl sites for hydroxylation is 1. The summed E-state index contributed by atoms with van der Waals surface area (Å²) in [5.74, 6) is -0.508. The molecule has 0 fully saturated rings. The highest BCUT2D eigenvalue weighted by Crippen LogP contribution is 2.11. The highest BCUT2D eigenvalue weighted by Gasteiger charge is 2.10. The normalized spacial score (nSPS) is 11.9. The fourth-order valence-electron chi connectivity index (χ4n) is 1.72. The zero-order valence-corrected chi connectivity index (χ0v) is 11.5. The molecule has 104 valence electrons. The molecule has 4 heteroatoms. The monoisotopic (exact) mass is 263 g/mol. The maximum absolute atomic E-state index is 11.7. The first-order valence-corrected chi connectivity index (χ1v) is 6.62. The quantitative estimate of drug-likeness (QED) is 0.794. The molecule has 0 aliphatic rings. The summed E-state index contributed by atoms with van der Waals surface area (Å²) in [5, 5.41) is 11.9. The van der Waals surface area contributed by atoms with Crippen LogP contribution in [-0.2, 0) is 11.2 Å². The van der Waals surface area contributed by atoms with Crippen molar-refractivity contribution in [1.82, 2.24) is 5.32 Å². The Morgan fingerprint density at radius 1 is 1.32 bits per heavy atom. The molecule has 0 aromatic heterocycles. The van der Waals surface area contributed by atoms with Crippen molar-refractivity contribution in [2.75, 3.05) is 6.54 Å². The molecule has 1 amide bonds. The van der Waals surface area contributed by atoms with Crippen LogP contribution in [0.15, 0.2) is 24.3 Å². The lowest BCUT2D eigenvalue weighted by atomic mass is 10.0. The van der Waals surface area contributed by atoms with E-state index in [-0.39, 0.29) is 11.5 Å². The molecular weight excluding hydrogens is 242 g/mol. The summed E-state index contributed by atoms with van der Waals surface area (Å²) in [6.45, 7) is 4.84. The number of hydrogen-bond acceptors (Lipinski definition) is 2. The standard InChI is InChI=1S/C15H21NO3/c1-3-11(2)10-16-14(17)9-8-12-6-4-5-7-13(12)15(18)19/h4-7,11H,3,8-10H2,1-2H3,(H,16,17)(H,18,19). The van der Waals surface area contributed by atoms with Crippen LogP contribution in [0.4, 0.5) is 0 Å². The van der Waals surface area contributed by atoms with Crippen molar-refractivity contribution < 1.29 is 14.7 Å². The number of carboxylic acids is 1. The van der Waals surface area contributed by atoms with E-state index >= 15 is 0 Å². The number of carboxylic acid groups (broad SMARTS) is 1. The van der Waals surface area contributed by atoms with E-state index < -0.39 is 5.97 Å². The maximum atomic E-state index is 11.7. The Labute approximate surface area is 113 Å². The van der Waals surface area contributed by atoms with Crippen molar-refractivity contribution in [3.8, 4) is 0 Å².